The van der Waals surface area contributed by atoms with Crippen molar-refractivity contribution < 1.29 is 18.3 Å². The fourth-order valence-electron chi connectivity index (χ4n) is 1.26. The molecule has 1 rings (SSSR count). The summed E-state index contributed by atoms with van der Waals surface area (Å²) in [7, 11) is 0. The molecular formula is C10H10F2INO3. The Bertz CT molecular complexity index is 473. The number of pyridine rings is 1. The van der Waals surface area contributed by atoms with Crippen molar-refractivity contribution in [1.29, 1.82) is 0 Å². The van der Waals surface area contributed by atoms with Gasteiger partial charge < -0.3 is 9.72 Å². The van der Waals surface area contributed by atoms with Crippen LogP contribution in [0, 0.1) is 3.57 Å². The largest absolute Gasteiger partial charge is 0.466 e. The van der Waals surface area contributed by atoms with Gasteiger partial charge >= 0.3 is 5.97 Å². The molecule has 0 saturated carbocycles. The second-order valence-corrected chi connectivity index (χ2v) is 4.23. The molecule has 0 spiro atoms. The van der Waals surface area contributed by atoms with Gasteiger partial charge in [-0.3, -0.25) is 9.59 Å². The summed E-state index contributed by atoms with van der Waals surface area (Å²) in [5.41, 5.74) is -1.11. The Balaban J connectivity index is 3.07. The van der Waals surface area contributed by atoms with E-state index in [-0.39, 0.29) is 16.6 Å². The lowest BCUT2D eigenvalue weighted by molar-refractivity contribution is -0.142. The van der Waals surface area contributed by atoms with Gasteiger partial charge in [0.1, 0.15) is 0 Å². The van der Waals surface area contributed by atoms with Crippen LogP contribution in [-0.2, 0) is 16.0 Å². The van der Waals surface area contributed by atoms with E-state index in [1.54, 1.807) is 29.5 Å². The maximum absolute atomic E-state index is 12.6. The molecule has 94 valence electrons. The lowest BCUT2D eigenvalue weighted by Gasteiger charge is -2.08. The van der Waals surface area contributed by atoms with Gasteiger partial charge in [-0.15, -0.1) is 0 Å². The molecule has 0 aliphatic carbocycles. The van der Waals surface area contributed by atoms with Crippen LogP contribution in [0.4, 0.5) is 8.78 Å². The molecule has 1 heterocycles. The monoisotopic (exact) mass is 357 g/mol. The minimum Gasteiger partial charge on any atom is -0.466 e. The number of aromatic amines is 1. The number of rotatable bonds is 4. The predicted octanol–water partition coefficient (Wildman–Crippen LogP) is 2.02. The number of aromatic nitrogens is 1. The number of alkyl halides is 2. The number of carbonyl (C=O) groups excluding carboxylic acids is 1. The van der Waals surface area contributed by atoms with Crippen LogP contribution in [0.25, 0.3) is 0 Å². The van der Waals surface area contributed by atoms with E-state index in [0.717, 1.165) is 0 Å². The lowest BCUT2D eigenvalue weighted by Crippen LogP contribution is -2.18. The zero-order valence-corrected chi connectivity index (χ0v) is 11.1. The third-order valence-corrected chi connectivity index (χ3v) is 3.27. The van der Waals surface area contributed by atoms with Crippen molar-refractivity contribution in [2.45, 2.75) is 19.8 Å². The van der Waals surface area contributed by atoms with Crippen LogP contribution in [0.5, 0.6) is 0 Å². The molecule has 1 aromatic heterocycles. The highest BCUT2D eigenvalue weighted by Crippen LogP contribution is 2.23. The molecule has 0 bridgehead atoms. The Labute approximate surface area is 110 Å². The summed E-state index contributed by atoms with van der Waals surface area (Å²) in [5.74, 6) is -0.516. The molecule has 0 saturated heterocycles. The zero-order chi connectivity index (χ0) is 13.0. The standard InChI is InChI=1S/C10H10F2INO3/c1-2-17-6(15)3-5-4-14-10(16)7(8(5)13)9(11)12/h4,9H,2-3H2,1H3,(H,14,16). The minimum absolute atomic E-state index is 0.106. The van der Waals surface area contributed by atoms with E-state index in [1.807, 2.05) is 0 Å². The molecule has 0 aromatic carbocycles. The summed E-state index contributed by atoms with van der Waals surface area (Å²) in [6.07, 6.45) is -1.75. The Hall–Kier alpha value is -0.990. The highest BCUT2D eigenvalue weighted by molar-refractivity contribution is 14.1. The summed E-state index contributed by atoms with van der Waals surface area (Å²) in [6, 6.07) is 0. The quantitative estimate of drug-likeness (QED) is 0.663. The van der Waals surface area contributed by atoms with E-state index >= 15 is 0 Å². The smallest absolute Gasteiger partial charge is 0.310 e. The first kappa shape index (κ1) is 14.1. The van der Waals surface area contributed by atoms with Gasteiger partial charge in [0.2, 0.25) is 0 Å². The van der Waals surface area contributed by atoms with Crippen LogP contribution in [0.15, 0.2) is 11.0 Å². The summed E-state index contributed by atoms with van der Waals surface area (Å²) in [6.45, 7) is 1.88. The average Bonchev–Trinajstić information content (AvgIpc) is 2.22. The molecular weight excluding hydrogens is 347 g/mol. The number of H-pyrrole nitrogens is 1. The SMILES string of the molecule is CCOC(=O)Cc1c[nH]c(=O)c(C(F)F)c1I. The number of nitrogens with one attached hydrogen (secondary N) is 1. The summed E-state index contributed by atoms with van der Waals surface area (Å²) in [4.78, 5) is 24.6. The van der Waals surface area contributed by atoms with E-state index in [0.29, 0.717) is 5.56 Å². The molecule has 0 amide bonds. The molecule has 0 atom stereocenters. The van der Waals surface area contributed by atoms with E-state index in [2.05, 4.69) is 4.98 Å². The van der Waals surface area contributed by atoms with Gasteiger partial charge in [0.15, 0.2) is 0 Å². The Morgan fingerprint density at radius 2 is 2.24 bits per heavy atom. The third kappa shape index (κ3) is 3.48. The molecule has 0 fully saturated rings. The van der Waals surface area contributed by atoms with Crippen molar-refractivity contribution in [2.24, 2.45) is 0 Å². The average molecular weight is 357 g/mol. The van der Waals surface area contributed by atoms with Gasteiger partial charge in [0.05, 0.1) is 18.6 Å². The van der Waals surface area contributed by atoms with E-state index < -0.39 is 23.5 Å². The molecule has 0 radical (unpaired) electrons. The summed E-state index contributed by atoms with van der Waals surface area (Å²) >= 11 is 1.64. The maximum atomic E-state index is 12.6. The van der Waals surface area contributed by atoms with Crippen molar-refractivity contribution in [1.82, 2.24) is 4.98 Å². The van der Waals surface area contributed by atoms with Crippen molar-refractivity contribution in [3.05, 3.63) is 31.2 Å². The van der Waals surface area contributed by atoms with Gasteiger partial charge in [0.25, 0.3) is 12.0 Å². The van der Waals surface area contributed by atoms with E-state index in [9.17, 15) is 18.4 Å². The lowest BCUT2D eigenvalue weighted by atomic mass is 10.1. The Kier molecular flexibility index (Phi) is 5.03. The normalized spacial score (nSPS) is 10.6. The molecule has 0 aliphatic heterocycles. The van der Waals surface area contributed by atoms with Crippen LogP contribution in [0.3, 0.4) is 0 Å². The first-order valence-electron chi connectivity index (χ1n) is 4.81. The van der Waals surface area contributed by atoms with E-state index in [1.165, 1.54) is 6.20 Å². The highest BCUT2D eigenvalue weighted by atomic mass is 127. The summed E-state index contributed by atoms with van der Waals surface area (Å²) < 4.78 is 30.0. The van der Waals surface area contributed by atoms with Crippen molar-refractivity contribution in [3.63, 3.8) is 0 Å². The third-order valence-electron chi connectivity index (χ3n) is 2.00. The molecule has 1 aromatic rings. The van der Waals surface area contributed by atoms with Crippen LogP contribution >= 0.6 is 22.6 Å². The second kappa shape index (κ2) is 6.08. The molecule has 1 N–H and O–H groups in total. The first-order chi connectivity index (χ1) is 7.97. The zero-order valence-electron chi connectivity index (χ0n) is 8.93. The second-order valence-electron chi connectivity index (χ2n) is 3.15. The van der Waals surface area contributed by atoms with Gasteiger partial charge in [-0.2, -0.15) is 0 Å². The number of hydrogen-bond donors (Lipinski definition) is 1. The number of esters is 1. The highest BCUT2D eigenvalue weighted by Gasteiger charge is 2.20. The number of halogens is 3. The fraction of sp³-hybridized carbons (Fsp3) is 0.400. The first-order valence-corrected chi connectivity index (χ1v) is 5.89. The molecule has 17 heavy (non-hydrogen) atoms. The molecule has 7 heteroatoms. The molecule has 0 unspecified atom stereocenters. The Morgan fingerprint density at radius 3 is 2.76 bits per heavy atom. The van der Waals surface area contributed by atoms with Crippen LogP contribution in [0.2, 0.25) is 0 Å². The maximum Gasteiger partial charge on any atom is 0.310 e. The van der Waals surface area contributed by atoms with Gasteiger partial charge in [-0.25, -0.2) is 8.78 Å². The van der Waals surface area contributed by atoms with Crippen LogP contribution in [-0.4, -0.2) is 17.6 Å². The fourth-order valence-corrected chi connectivity index (χ4v) is 2.08. The molecule has 0 aliphatic rings. The van der Waals surface area contributed by atoms with Gasteiger partial charge in [-0.05, 0) is 35.1 Å². The summed E-state index contributed by atoms with van der Waals surface area (Å²) in [5, 5.41) is 0. The van der Waals surface area contributed by atoms with E-state index in [4.69, 9.17) is 4.74 Å². The number of carbonyl (C=O) groups is 1. The van der Waals surface area contributed by atoms with Gasteiger partial charge in [0, 0.05) is 9.77 Å². The Morgan fingerprint density at radius 1 is 1.59 bits per heavy atom. The predicted molar refractivity (Wildman–Crippen MR) is 65.1 cm³/mol. The topological polar surface area (TPSA) is 59.2 Å². The van der Waals surface area contributed by atoms with Crippen LogP contribution in [0.1, 0.15) is 24.5 Å². The molecule has 4 nitrogen and oxygen atoms in total. The number of ether oxygens (including phenoxy) is 1. The van der Waals surface area contributed by atoms with Crippen LogP contribution < -0.4 is 5.56 Å². The van der Waals surface area contributed by atoms with Crippen molar-refractivity contribution in [3.8, 4) is 0 Å². The minimum atomic E-state index is -2.87. The van der Waals surface area contributed by atoms with Crippen molar-refractivity contribution >= 4 is 28.6 Å². The van der Waals surface area contributed by atoms with Crippen molar-refractivity contribution in [2.75, 3.05) is 6.61 Å². The number of hydrogen-bond acceptors (Lipinski definition) is 3. The van der Waals surface area contributed by atoms with Gasteiger partial charge in [-0.1, -0.05) is 0 Å².